The minimum absolute atomic E-state index is 0.0516. The highest BCUT2D eigenvalue weighted by Crippen LogP contribution is 2.21. The first-order valence-electron chi connectivity index (χ1n) is 8.37. The maximum Gasteiger partial charge on any atom is 0.273 e. The minimum atomic E-state index is -0.0793. The molecule has 0 radical (unpaired) electrons. The molecule has 1 unspecified atom stereocenters. The predicted octanol–water partition coefficient (Wildman–Crippen LogP) is 2.71. The molecule has 1 aliphatic heterocycles. The quantitative estimate of drug-likeness (QED) is 0.737. The number of carbonyl (C=O) groups is 1. The number of hydrogen-bond acceptors (Lipinski definition) is 5. The first-order valence-corrected chi connectivity index (χ1v) is 8.37. The van der Waals surface area contributed by atoms with Crippen molar-refractivity contribution in [2.24, 2.45) is 0 Å². The molecule has 6 heteroatoms. The van der Waals surface area contributed by atoms with E-state index in [1.807, 2.05) is 35.2 Å². The van der Waals surface area contributed by atoms with E-state index in [2.05, 4.69) is 15.0 Å². The Balaban J connectivity index is 1.53. The Bertz CT molecular complexity index is 879. The maximum absolute atomic E-state index is 13.0. The number of ether oxygens (including phenoxy) is 1. The first kappa shape index (κ1) is 15.5. The van der Waals surface area contributed by atoms with Crippen molar-refractivity contribution >= 4 is 16.7 Å². The van der Waals surface area contributed by atoms with Gasteiger partial charge in [0.05, 0.1) is 12.7 Å². The summed E-state index contributed by atoms with van der Waals surface area (Å²) in [5, 5.41) is 1.90. The molecule has 1 fully saturated rings. The van der Waals surface area contributed by atoms with Gasteiger partial charge in [0.2, 0.25) is 5.88 Å². The molecule has 1 aromatic carbocycles. The number of likely N-dealkylation sites (tertiary alicyclic amines) is 1. The molecule has 0 spiro atoms. The topological polar surface area (TPSA) is 68.2 Å². The van der Waals surface area contributed by atoms with Gasteiger partial charge in [-0.2, -0.15) is 0 Å². The van der Waals surface area contributed by atoms with E-state index in [9.17, 15) is 4.79 Å². The molecule has 1 saturated heterocycles. The molecular formula is C19H18N4O2. The molecular weight excluding hydrogens is 316 g/mol. The van der Waals surface area contributed by atoms with Crippen LogP contribution < -0.4 is 4.74 Å². The fraction of sp³-hybridized carbons (Fsp3) is 0.263. The number of fused-ring (bicyclic) bond motifs is 1. The van der Waals surface area contributed by atoms with Crippen LogP contribution >= 0.6 is 0 Å². The molecule has 4 rings (SSSR count). The summed E-state index contributed by atoms with van der Waals surface area (Å²) >= 11 is 0. The first-order chi connectivity index (χ1) is 12.3. The molecule has 25 heavy (non-hydrogen) atoms. The summed E-state index contributed by atoms with van der Waals surface area (Å²) < 4.78 is 5.87. The number of aromatic nitrogens is 3. The molecule has 1 amide bonds. The number of pyridine rings is 1. The van der Waals surface area contributed by atoms with Crippen LogP contribution in [-0.2, 0) is 0 Å². The number of carbonyl (C=O) groups excluding carboxylic acids is 1. The van der Waals surface area contributed by atoms with Crippen LogP contribution in [0.1, 0.15) is 23.3 Å². The lowest BCUT2D eigenvalue weighted by Gasteiger charge is -2.32. The molecule has 3 heterocycles. The summed E-state index contributed by atoms with van der Waals surface area (Å²) in [6.45, 7) is 1.24. The van der Waals surface area contributed by atoms with Gasteiger partial charge >= 0.3 is 0 Å². The molecule has 0 N–H and O–H groups in total. The van der Waals surface area contributed by atoms with Crippen molar-refractivity contribution in [1.29, 1.82) is 0 Å². The van der Waals surface area contributed by atoms with Gasteiger partial charge in [-0.1, -0.05) is 24.3 Å². The minimum Gasteiger partial charge on any atom is -0.471 e. The van der Waals surface area contributed by atoms with E-state index in [0.717, 1.165) is 23.6 Å². The van der Waals surface area contributed by atoms with Gasteiger partial charge in [-0.05, 0) is 24.3 Å². The third kappa shape index (κ3) is 3.28. The fourth-order valence-electron chi connectivity index (χ4n) is 3.18. The van der Waals surface area contributed by atoms with Crippen LogP contribution in [0.4, 0.5) is 0 Å². The summed E-state index contributed by atoms with van der Waals surface area (Å²) in [5.41, 5.74) is 0.498. The van der Waals surface area contributed by atoms with Gasteiger partial charge in [0.25, 0.3) is 5.91 Å². The monoisotopic (exact) mass is 334 g/mol. The SMILES string of the molecule is O=C(c1nccc2ccccc12)N1CCCC(Oc2cnccn2)C1. The summed E-state index contributed by atoms with van der Waals surface area (Å²) in [6.07, 6.45) is 8.19. The summed E-state index contributed by atoms with van der Waals surface area (Å²) in [5.74, 6) is 0.439. The van der Waals surface area contributed by atoms with Crippen molar-refractivity contribution in [3.8, 4) is 5.88 Å². The number of nitrogens with zero attached hydrogens (tertiary/aromatic N) is 4. The summed E-state index contributed by atoms with van der Waals surface area (Å²) in [4.78, 5) is 27.3. The molecule has 1 atom stereocenters. The van der Waals surface area contributed by atoms with Crippen molar-refractivity contribution in [2.75, 3.05) is 13.1 Å². The van der Waals surface area contributed by atoms with Crippen LogP contribution in [0, 0.1) is 0 Å². The Morgan fingerprint density at radius 1 is 1.12 bits per heavy atom. The molecule has 0 bridgehead atoms. The average Bonchev–Trinajstić information content (AvgIpc) is 2.68. The van der Waals surface area contributed by atoms with E-state index < -0.39 is 0 Å². The highest BCUT2D eigenvalue weighted by Gasteiger charge is 2.27. The van der Waals surface area contributed by atoms with Crippen LogP contribution in [0.2, 0.25) is 0 Å². The summed E-state index contributed by atoms with van der Waals surface area (Å²) in [6, 6.07) is 9.73. The number of hydrogen-bond donors (Lipinski definition) is 0. The largest absolute Gasteiger partial charge is 0.471 e. The molecule has 1 aliphatic rings. The second kappa shape index (κ2) is 6.84. The zero-order valence-electron chi connectivity index (χ0n) is 13.7. The van der Waals surface area contributed by atoms with Crippen LogP contribution in [-0.4, -0.2) is 45.0 Å². The fourth-order valence-corrected chi connectivity index (χ4v) is 3.18. The van der Waals surface area contributed by atoms with Crippen LogP contribution in [0.15, 0.2) is 55.1 Å². The Labute approximate surface area is 145 Å². The third-order valence-corrected chi connectivity index (χ3v) is 4.37. The van der Waals surface area contributed by atoms with Gasteiger partial charge in [0.1, 0.15) is 11.8 Å². The lowest BCUT2D eigenvalue weighted by Crippen LogP contribution is -2.44. The second-order valence-corrected chi connectivity index (χ2v) is 6.06. The number of piperidine rings is 1. The molecule has 126 valence electrons. The zero-order valence-corrected chi connectivity index (χ0v) is 13.7. The van der Waals surface area contributed by atoms with Gasteiger partial charge in [-0.25, -0.2) is 4.98 Å². The van der Waals surface area contributed by atoms with Gasteiger partial charge in [0, 0.05) is 30.5 Å². The Hall–Kier alpha value is -3.02. The van der Waals surface area contributed by atoms with E-state index in [1.165, 1.54) is 0 Å². The van der Waals surface area contributed by atoms with Gasteiger partial charge < -0.3 is 9.64 Å². The Kier molecular flexibility index (Phi) is 4.24. The van der Waals surface area contributed by atoms with Gasteiger partial charge in [0.15, 0.2) is 0 Å². The standard InChI is InChI=1S/C19H18N4O2/c24-19(18-16-6-2-1-4-14(16)7-8-22-18)23-11-3-5-15(13-23)25-17-12-20-9-10-21-17/h1-2,4,6-10,12,15H,3,5,11,13H2. The van der Waals surface area contributed by atoms with Crippen molar-refractivity contribution in [1.82, 2.24) is 19.9 Å². The van der Waals surface area contributed by atoms with Gasteiger partial charge in [-0.15, -0.1) is 0 Å². The molecule has 0 aliphatic carbocycles. The highest BCUT2D eigenvalue weighted by atomic mass is 16.5. The lowest BCUT2D eigenvalue weighted by atomic mass is 10.1. The van der Waals surface area contributed by atoms with Crippen molar-refractivity contribution < 1.29 is 9.53 Å². The smallest absolute Gasteiger partial charge is 0.273 e. The van der Waals surface area contributed by atoms with Crippen LogP contribution in [0.3, 0.4) is 0 Å². The number of amides is 1. The van der Waals surface area contributed by atoms with Crippen molar-refractivity contribution in [3.63, 3.8) is 0 Å². The average molecular weight is 334 g/mol. The highest BCUT2D eigenvalue weighted by molar-refractivity contribution is 6.05. The maximum atomic E-state index is 13.0. The summed E-state index contributed by atoms with van der Waals surface area (Å²) in [7, 11) is 0. The normalized spacial score (nSPS) is 17.4. The zero-order chi connectivity index (χ0) is 17.1. The molecule has 0 saturated carbocycles. The van der Waals surface area contributed by atoms with E-state index in [4.69, 9.17) is 4.74 Å². The third-order valence-electron chi connectivity index (χ3n) is 4.37. The van der Waals surface area contributed by atoms with E-state index >= 15 is 0 Å². The van der Waals surface area contributed by atoms with E-state index in [1.54, 1.807) is 24.8 Å². The number of rotatable bonds is 3. The number of benzene rings is 1. The Morgan fingerprint density at radius 3 is 2.92 bits per heavy atom. The molecule has 6 nitrogen and oxygen atoms in total. The van der Waals surface area contributed by atoms with E-state index in [0.29, 0.717) is 24.7 Å². The predicted molar refractivity (Wildman–Crippen MR) is 93.3 cm³/mol. The molecule has 2 aromatic heterocycles. The van der Waals surface area contributed by atoms with Crippen LogP contribution in [0.25, 0.3) is 10.8 Å². The van der Waals surface area contributed by atoms with Crippen LogP contribution in [0.5, 0.6) is 5.88 Å². The van der Waals surface area contributed by atoms with E-state index in [-0.39, 0.29) is 12.0 Å². The van der Waals surface area contributed by atoms with Gasteiger partial charge in [-0.3, -0.25) is 14.8 Å². The molecule has 3 aromatic rings. The van der Waals surface area contributed by atoms with Crippen molar-refractivity contribution in [2.45, 2.75) is 18.9 Å². The lowest BCUT2D eigenvalue weighted by molar-refractivity contribution is 0.0523. The second-order valence-electron chi connectivity index (χ2n) is 6.06. The van der Waals surface area contributed by atoms with Crippen molar-refractivity contribution in [3.05, 3.63) is 60.8 Å². The Morgan fingerprint density at radius 2 is 2.04 bits per heavy atom.